The van der Waals surface area contributed by atoms with Crippen LogP contribution in [0.2, 0.25) is 0 Å². The monoisotopic (exact) mass is 245 g/mol. The molecule has 1 aromatic carbocycles. The fraction of sp³-hybridized carbons (Fsp3) is 0.647. The fourth-order valence-corrected chi connectivity index (χ4v) is 2.98. The van der Waals surface area contributed by atoms with Gasteiger partial charge in [0, 0.05) is 6.04 Å². The van der Waals surface area contributed by atoms with Crippen LogP contribution in [-0.4, -0.2) is 6.04 Å². The Bertz CT molecular complexity index is 372. The van der Waals surface area contributed by atoms with Gasteiger partial charge < -0.3 is 5.73 Å². The van der Waals surface area contributed by atoms with Crippen LogP contribution >= 0.6 is 0 Å². The van der Waals surface area contributed by atoms with Crippen LogP contribution in [0.25, 0.3) is 0 Å². The van der Waals surface area contributed by atoms with Gasteiger partial charge in [-0.3, -0.25) is 0 Å². The van der Waals surface area contributed by atoms with Crippen LogP contribution in [-0.2, 0) is 5.41 Å². The van der Waals surface area contributed by atoms with E-state index in [0.717, 1.165) is 0 Å². The molecule has 0 aliphatic heterocycles. The van der Waals surface area contributed by atoms with Gasteiger partial charge in [0.05, 0.1) is 0 Å². The van der Waals surface area contributed by atoms with E-state index in [2.05, 4.69) is 45.0 Å². The third kappa shape index (κ3) is 3.14. The molecule has 18 heavy (non-hydrogen) atoms. The maximum absolute atomic E-state index is 6.33. The SMILES string of the molecule is CC(C)(C)c1ccc(C2CCCCCC2N)cc1. The topological polar surface area (TPSA) is 26.0 Å². The maximum Gasteiger partial charge on any atom is 0.0108 e. The van der Waals surface area contributed by atoms with E-state index >= 15 is 0 Å². The summed E-state index contributed by atoms with van der Waals surface area (Å²) in [6, 6.07) is 9.53. The molecule has 0 bridgehead atoms. The van der Waals surface area contributed by atoms with E-state index < -0.39 is 0 Å². The molecule has 100 valence electrons. The first-order valence-corrected chi connectivity index (χ1v) is 7.34. The van der Waals surface area contributed by atoms with Gasteiger partial charge in [-0.25, -0.2) is 0 Å². The number of benzene rings is 1. The molecule has 0 aromatic heterocycles. The van der Waals surface area contributed by atoms with Crippen molar-refractivity contribution in [2.75, 3.05) is 0 Å². The normalized spacial score (nSPS) is 25.8. The Morgan fingerprint density at radius 2 is 1.56 bits per heavy atom. The predicted octanol–water partition coefficient (Wildman–Crippen LogP) is 4.36. The van der Waals surface area contributed by atoms with Gasteiger partial charge in [0.15, 0.2) is 0 Å². The van der Waals surface area contributed by atoms with Crippen LogP contribution in [0.4, 0.5) is 0 Å². The van der Waals surface area contributed by atoms with Gasteiger partial charge in [-0.2, -0.15) is 0 Å². The lowest BCUT2D eigenvalue weighted by Gasteiger charge is -2.24. The fourth-order valence-electron chi connectivity index (χ4n) is 2.98. The number of nitrogens with two attached hydrogens (primary N) is 1. The Labute approximate surface area is 112 Å². The molecular formula is C17H27N. The Kier molecular flexibility index (Phi) is 4.11. The average molecular weight is 245 g/mol. The summed E-state index contributed by atoms with van der Waals surface area (Å²) in [7, 11) is 0. The first-order chi connectivity index (χ1) is 8.48. The van der Waals surface area contributed by atoms with Gasteiger partial charge in [-0.1, -0.05) is 64.3 Å². The zero-order valence-electron chi connectivity index (χ0n) is 12.1. The summed E-state index contributed by atoms with van der Waals surface area (Å²) in [5, 5.41) is 0. The van der Waals surface area contributed by atoms with E-state index in [4.69, 9.17) is 5.73 Å². The molecule has 1 heteroatoms. The van der Waals surface area contributed by atoms with Crippen LogP contribution in [0.15, 0.2) is 24.3 Å². The minimum absolute atomic E-state index is 0.240. The van der Waals surface area contributed by atoms with Gasteiger partial charge in [0.1, 0.15) is 0 Å². The third-order valence-corrected chi connectivity index (χ3v) is 4.27. The molecule has 0 saturated heterocycles. The maximum atomic E-state index is 6.33. The summed E-state index contributed by atoms with van der Waals surface area (Å²) in [6.07, 6.45) is 6.43. The molecule has 0 heterocycles. The Morgan fingerprint density at radius 3 is 2.17 bits per heavy atom. The van der Waals surface area contributed by atoms with E-state index in [-0.39, 0.29) is 5.41 Å². The first-order valence-electron chi connectivity index (χ1n) is 7.34. The zero-order valence-corrected chi connectivity index (χ0v) is 12.1. The van der Waals surface area contributed by atoms with Crippen LogP contribution in [0.3, 0.4) is 0 Å². The summed E-state index contributed by atoms with van der Waals surface area (Å²) in [6.45, 7) is 6.79. The smallest absolute Gasteiger partial charge is 0.0108 e. The van der Waals surface area contributed by atoms with E-state index in [1.807, 2.05) is 0 Å². The van der Waals surface area contributed by atoms with Crippen LogP contribution in [0, 0.1) is 0 Å². The molecule has 0 amide bonds. The highest BCUT2D eigenvalue weighted by Gasteiger charge is 2.22. The van der Waals surface area contributed by atoms with Crippen LogP contribution < -0.4 is 5.73 Å². The van der Waals surface area contributed by atoms with Crippen molar-refractivity contribution in [3.05, 3.63) is 35.4 Å². The largest absolute Gasteiger partial charge is 0.327 e. The molecular weight excluding hydrogens is 218 g/mol. The molecule has 1 aliphatic rings. The summed E-state index contributed by atoms with van der Waals surface area (Å²) in [5.74, 6) is 0.571. The Hall–Kier alpha value is -0.820. The molecule has 2 atom stereocenters. The molecule has 1 nitrogen and oxygen atoms in total. The number of hydrogen-bond donors (Lipinski definition) is 1. The van der Waals surface area contributed by atoms with Gasteiger partial charge in [-0.05, 0) is 35.3 Å². The Balaban J connectivity index is 2.17. The van der Waals surface area contributed by atoms with E-state index in [1.54, 1.807) is 0 Å². The Morgan fingerprint density at radius 1 is 0.944 bits per heavy atom. The lowest BCUT2D eigenvalue weighted by Crippen LogP contribution is -2.27. The molecule has 0 radical (unpaired) electrons. The minimum atomic E-state index is 0.240. The van der Waals surface area contributed by atoms with Crippen molar-refractivity contribution in [3.63, 3.8) is 0 Å². The van der Waals surface area contributed by atoms with E-state index in [9.17, 15) is 0 Å². The van der Waals surface area contributed by atoms with Crippen molar-refractivity contribution in [1.29, 1.82) is 0 Å². The lowest BCUT2D eigenvalue weighted by molar-refractivity contribution is 0.504. The molecule has 0 spiro atoms. The molecule has 2 rings (SSSR count). The van der Waals surface area contributed by atoms with Crippen molar-refractivity contribution >= 4 is 0 Å². The van der Waals surface area contributed by atoms with Crippen molar-refractivity contribution < 1.29 is 0 Å². The van der Waals surface area contributed by atoms with Gasteiger partial charge in [-0.15, -0.1) is 0 Å². The van der Waals surface area contributed by atoms with Crippen LogP contribution in [0.1, 0.15) is 69.9 Å². The second-order valence-corrected chi connectivity index (χ2v) is 6.78. The molecule has 2 N–H and O–H groups in total. The highest BCUT2D eigenvalue weighted by molar-refractivity contribution is 5.30. The number of hydrogen-bond acceptors (Lipinski definition) is 1. The van der Waals surface area contributed by atoms with Crippen molar-refractivity contribution in [2.24, 2.45) is 5.73 Å². The summed E-state index contributed by atoms with van der Waals surface area (Å²) >= 11 is 0. The van der Waals surface area contributed by atoms with Gasteiger partial charge in [0.25, 0.3) is 0 Å². The summed E-state index contributed by atoms with van der Waals surface area (Å²) in [4.78, 5) is 0. The van der Waals surface area contributed by atoms with Gasteiger partial charge in [0.2, 0.25) is 0 Å². The average Bonchev–Trinajstić information content (AvgIpc) is 2.53. The quantitative estimate of drug-likeness (QED) is 0.731. The third-order valence-electron chi connectivity index (χ3n) is 4.27. The molecule has 2 unspecified atom stereocenters. The summed E-state index contributed by atoms with van der Waals surface area (Å²) in [5.41, 5.74) is 9.43. The number of rotatable bonds is 1. The minimum Gasteiger partial charge on any atom is -0.327 e. The van der Waals surface area contributed by atoms with Crippen LogP contribution in [0.5, 0.6) is 0 Å². The molecule has 1 saturated carbocycles. The second-order valence-electron chi connectivity index (χ2n) is 6.78. The molecule has 1 aliphatic carbocycles. The van der Waals surface area contributed by atoms with Crippen molar-refractivity contribution in [3.8, 4) is 0 Å². The van der Waals surface area contributed by atoms with Crippen molar-refractivity contribution in [1.82, 2.24) is 0 Å². The summed E-state index contributed by atoms with van der Waals surface area (Å²) < 4.78 is 0. The highest BCUT2D eigenvalue weighted by atomic mass is 14.6. The first kappa shape index (κ1) is 13.6. The predicted molar refractivity (Wildman–Crippen MR) is 78.9 cm³/mol. The molecule has 1 fully saturated rings. The standard InChI is InChI=1S/C17H27N/c1-17(2,3)14-11-9-13(10-12-14)15-7-5-4-6-8-16(15)18/h9-12,15-16H,4-8,18H2,1-3H3. The van der Waals surface area contributed by atoms with E-state index in [0.29, 0.717) is 12.0 Å². The highest BCUT2D eigenvalue weighted by Crippen LogP contribution is 2.32. The van der Waals surface area contributed by atoms with E-state index in [1.165, 1.54) is 43.2 Å². The second kappa shape index (κ2) is 5.44. The lowest BCUT2D eigenvalue weighted by atomic mass is 9.83. The van der Waals surface area contributed by atoms with Crippen molar-refractivity contribution in [2.45, 2.75) is 70.3 Å². The van der Waals surface area contributed by atoms with Gasteiger partial charge >= 0.3 is 0 Å². The zero-order chi connectivity index (χ0) is 13.2. The molecule has 1 aromatic rings.